The lowest BCUT2D eigenvalue weighted by Crippen LogP contribution is -2.43. The van der Waals surface area contributed by atoms with E-state index in [-0.39, 0.29) is 0 Å². The van der Waals surface area contributed by atoms with Gasteiger partial charge in [-0.1, -0.05) is 23.2 Å². The van der Waals surface area contributed by atoms with Crippen molar-refractivity contribution in [1.29, 1.82) is 0 Å². The number of ether oxygens (including phenoxy) is 1. The van der Waals surface area contributed by atoms with E-state index in [0.717, 1.165) is 64.8 Å². The van der Waals surface area contributed by atoms with Crippen molar-refractivity contribution in [3.63, 3.8) is 0 Å². The van der Waals surface area contributed by atoms with Crippen LogP contribution in [0.4, 0.5) is 11.4 Å². The number of benzene rings is 2. The van der Waals surface area contributed by atoms with Gasteiger partial charge < -0.3 is 14.5 Å². The van der Waals surface area contributed by atoms with Gasteiger partial charge in [0.25, 0.3) is 0 Å². The zero-order chi connectivity index (χ0) is 22.4. The van der Waals surface area contributed by atoms with Crippen LogP contribution in [0.25, 0.3) is 16.8 Å². The van der Waals surface area contributed by atoms with Crippen molar-refractivity contribution in [2.75, 3.05) is 29.5 Å². The summed E-state index contributed by atoms with van der Waals surface area (Å²) < 4.78 is 10.8. The van der Waals surface area contributed by atoms with Gasteiger partial charge in [0, 0.05) is 29.2 Å². The maximum absolute atomic E-state index is 6.32. The molecular formula is C25H27Cl2N4O+. The first kappa shape index (κ1) is 21.2. The Kier molecular flexibility index (Phi) is 5.56. The summed E-state index contributed by atoms with van der Waals surface area (Å²) in [6.07, 6.45) is 4.27. The van der Waals surface area contributed by atoms with Crippen molar-refractivity contribution in [2.45, 2.75) is 33.9 Å². The number of anilines is 2. The first-order valence-electron chi connectivity index (χ1n) is 11.2. The Morgan fingerprint density at radius 3 is 2.38 bits per heavy atom. The van der Waals surface area contributed by atoms with E-state index >= 15 is 0 Å². The molecule has 0 amide bonds. The van der Waals surface area contributed by atoms with E-state index in [4.69, 9.17) is 27.9 Å². The van der Waals surface area contributed by atoms with Crippen LogP contribution in [0, 0.1) is 0 Å². The van der Waals surface area contributed by atoms with Crippen LogP contribution >= 0.6 is 23.2 Å². The minimum Gasteiger partial charge on any atom is -0.482 e. The third kappa shape index (κ3) is 3.26. The number of fused-ring (bicyclic) bond motifs is 4. The molecule has 2 aliphatic rings. The van der Waals surface area contributed by atoms with Gasteiger partial charge in [-0.15, -0.1) is 0 Å². The Morgan fingerprint density at radius 1 is 0.906 bits per heavy atom. The number of imidazole rings is 1. The number of hydrogen-bond donors (Lipinski definition) is 0. The first-order chi connectivity index (χ1) is 15.6. The maximum atomic E-state index is 6.32. The van der Waals surface area contributed by atoms with Gasteiger partial charge in [-0.25, -0.2) is 9.13 Å². The second kappa shape index (κ2) is 8.38. The summed E-state index contributed by atoms with van der Waals surface area (Å²) in [6, 6.07) is 12.2. The molecule has 32 heavy (non-hydrogen) atoms. The summed E-state index contributed by atoms with van der Waals surface area (Å²) in [5, 5.41) is 1.50. The van der Waals surface area contributed by atoms with E-state index in [0.29, 0.717) is 6.61 Å². The molecule has 0 bridgehead atoms. The lowest BCUT2D eigenvalue weighted by molar-refractivity contribution is -0.682. The Labute approximate surface area is 198 Å². The van der Waals surface area contributed by atoms with Gasteiger partial charge >= 0.3 is 5.82 Å². The van der Waals surface area contributed by atoms with Gasteiger partial charge in [0.05, 0.1) is 17.9 Å². The van der Waals surface area contributed by atoms with Crippen LogP contribution in [-0.4, -0.2) is 24.3 Å². The smallest absolute Gasteiger partial charge is 0.325 e. The van der Waals surface area contributed by atoms with Crippen LogP contribution < -0.4 is 14.4 Å². The summed E-state index contributed by atoms with van der Waals surface area (Å²) in [7, 11) is 0. The minimum atomic E-state index is 0.642. The highest BCUT2D eigenvalue weighted by Gasteiger charge is 2.33. The number of allylic oxidation sites excluding steroid dienone is 2. The van der Waals surface area contributed by atoms with Crippen molar-refractivity contribution in [1.82, 2.24) is 4.57 Å². The van der Waals surface area contributed by atoms with Gasteiger partial charge in [0.15, 0.2) is 11.0 Å². The molecule has 0 saturated heterocycles. The Morgan fingerprint density at radius 2 is 1.62 bits per heavy atom. The van der Waals surface area contributed by atoms with E-state index in [2.05, 4.69) is 64.0 Å². The third-order valence-electron chi connectivity index (χ3n) is 6.23. The van der Waals surface area contributed by atoms with E-state index in [9.17, 15) is 0 Å². The Balaban J connectivity index is 1.64. The highest BCUT2D eigenvalue weighted by atomic mass is 35.5. The minimum absolute atomic E-state index is 0.642. The highest BCUT2D eigenvalue weighted by Crippen LogP contribution is 2.42. The molecule has 3 aromatic rings. The summed E-state index contributed by atoms with van der Waals surface area (Å²) in [5.41, 5.74) is 4.64. The predicted octanol–water partition coefficient (Wildman–Crippen LogP) is 5.83. The normalized spacial score (nSPS) is 17.9. The van der Waals surface area contributed by atoms with Crippen LogP contribution in [0.1, 0.15) is 26.6 Å². The molecule has 0 atom stereocenters. The molecule has 0 saturated carbocycles. The van der Waals surface area contributed by atoms with Crippen molar-refractivity contribution < 1.29 is 9.30 Å². The summed E-state index contributed by atoms with van der Waals surface area (Å²) in [5.74, 6) is 3.08. The molecule has 5 nitrogen and oxygen atoms in total. The fourth-order valence-corrected chi connectivity index (χ4v) is 5.22. The number of rotatable bonds is 4. The summed E-state index contributed by atoms with van der Waals surface area (Å²) in [4.78, 5) is 4.62. The molecule has 166 valence electrons. The van der Waals surface area contributed by atoms with Gasteiger partial charge in [-0.3, -0.25) is 0 Å². The zero-order valence-electron chi connectivity index (χ0n) is 18.6. The van der Waals surface area contributed by atoms with Crippen molar-refractivity contribution in [3.8, 4) is 0 Å². The van der Waals surface area contributed by atoms with Crippen molar-refractivity contribution >= 4 is 51.4 Å². The van der Waals surface area contributed by atoms with E-state index in [1.807, 2.05) is 24.3 Å². The number of aryl methyl sites for hydroxylation is 1. The molecule has 7 heteroatoms. The molecule has 0 aliphatic carbocycles. The van der Waals surface area contributed by atoms with E-state index < -0.39 is 0 Å². The second-order valence-electron chi connectivity index (χ2n) is 7.88. The number of halogens is 2. The highest BCUT2D eigenvalue weighted by molar-refractivity contribution is 6.31. The molecule has 2 aromatic carbocycles. The molecule has 0 spiro atoms. The van der Waals surface area contributed by atoms with E-state index in [1.165, 1.54) is 11.2 Å². The molecule has 1 aromatic heterocycles. The quantitative estimate of drug-likeness (QED) is 0.449. The monoisotopic (exact) mass is 469 g/mol. The predicted molar refractivity (Wildman–Crippen MR) is 132 cm³/mol. The van der Waals surface area contributed by atoms with Crippen LogP contribution in [-0.2, 0) is 17.8 Å². The van der Waals surface area contributed by atoms with Crippen LogP contribution in [0.15, 0.2) is 54.4 Å². The molecular weight excluding hydrogens is 443 g/mol. The van der Waals surface area contributed by atoms with Gasteiger partial charge in [0.2, 0.25) is 5.76 Å². The standard InChI is InChI=1S/C25H27Cl2N4O/c1-4-28-19-9-7-17(26)15-21(19)29(5-2)24(28)12-11-23-25-30(6-3)22-16-18(27)8-10-20(22)31(25)13-14-32-23/h7-12,15-16H,4-6,13-14H2,1-3H3/q+1. The maximum Gasteiger partial charge on any atom is 0.325 e. The first-order valence-corrected chi connectivity index (χ1v) is 11.9. The van der Waals surface area contributed by atoms with Crippen LogP contribution in [0.3, 0.4) is 0 Å². The molecule has 0 fully saturated rings. The molecule has 0 unspecified atom stereocenters. The van der Waals surface area contributed by atoms with Crippen LogP contribution in [0.5, 0.6) is 0 Å². The van der Waals surface area contributed by atoms with Crippen LogP contribution in [0.2, 0.25) is 10.0 Å². The molecule has 0 N–H and O–H groups in total. The Bertz CT molecular complexity index is 1260. The fraction of sp³-hybridized carbons (Fsp3) is 0.320. The average Bonchev–Trinajstić information content (AvgIpc) is 3.28. The topological polar surface area (TPSA) is 24.5 Å². The molecule has 2 aliphatic heterocycles. The molecule has 3 heterocycles. The number of nitrogens with zero attached hydrogens (tertiary/aromatic N) is 4. The van der Waals surface area contributed by atoms with Gasteiger partial charge in [-0.05, 0) is 63.3 Å². The van der Waals surface area contributed by atoms with Gasteiger partial charge in [-0.2, -0.15) is 0 Å². The molecule has 0 radical (unpaired) electrons. The summed E-state index contributed by atoms with van der Waals surface area (Å²) in [6.45, 7) is 10.5. The van der Waals surface area contributed by atoms with Crippen molar-refractivity contribution in [3.05, 3.63) is 70.2 Å². The van der Waals surface area contributed by atoms with E-state index in [1.54, 1.807) is 0 Å². The number of aromatic nitrogens is 2. The lowest BCUT2D eigenvalue weighted by Gasteiger charge is -2.23. The lowest BCUT2D eigenvalue weighted by atomic mass is 10.2. The number of hydrogen-bond acceptors (Lipinski definition) is 3. The second-order valence-corrected chi connectivity index (χ2v) is 8.75. The average molecular weight is 470 g/mol. The van der Waals surface area contributed by atoms with Crippen molar-refractivity contribution in [2.24, 2.45) is 0 Å². The largest absolute Gasteiger partial charge is 0.482 e. The summed E-state index contributed by atoms with van der Waals surface area (Å²) >= 11 is 12.6. The SMILES string of the molecule is CCN1C(=CC=C2OCC[n+]3c2n(CC)c2cc(Cl)ccc23)N(CC)c2cc(Cl)ccc21. The zero-order valence-corrected chi connectivity index (χ0v) is 20.1. The third-order valence-corrected chi connectivity index (χ3v) is 6.70. The van der Waals surface area contributed by atoms with Gasteiger partial charge in [0.1, 0.15) is 19.0 Å². The fourth-order valence-electron chi connectivity index (χ4n) is 4.89. The Hall–Kier alpha value is -2.63. The molecule has 5 rings (SSSR count).